The third-order valence-corrected chi connectivity index (χ3v) is 7.05. The minimum absolute atomic E-state index is 0.588. The van der Waals surface area contributed by atoms with E-state index in [1.165, 1.54) is 28.6 Å². The smallest absolute Gasteiger partial charge is 0.0528 e. The normalized spacial score (nSPS) is 36.9. The number of hydrogen-bond donors (Lipinski definition) is 0. The van der Waals surface area contributed by atoms with Crippen LogP contribution in [-0.2, 0) is 0 Å². The molecule has 2 saturated carbocycles. The van der Waals surface area contributed by atoms with Crippen LogP contribution in [0.25, 0.3) is 0 Å². The Kier molecular flexibility index (Phi) is 2.53. The van der Waals surface area contributed by atoms with Crippen molar-refractivity contribution in [2.75, 3.05) is 0 Å². The van der Waals surface area contributed by atoms with Crippen LogP contribution in [0.15, 0.2) is 15.9 Å². The van der Waals surface area contributed by atoms with E-state index in [4.69, 9.17) is 0 Å². The Morgan fingerprint density at radius 1 is 1.29 bits per heavy atom. The summed E-state index contributed by atoms with van der Waals surface area (Å²) in [5.41, 5.74) is 0. The van der Waals surface area contributed by atoms with Gasteiger partial charge in [0.1, 0.15) is 0 Å². The fourth-order valence-corrected chi connectivity index (χ4v) is 5.71. The molecule has 3 unspecified atom stereocenters. The molecular weight excluding hydrogens is 324 g/mol. The Hall–Kier alpha value is 0.660. The summed E-state index contributed by atoms with van der Waals surface area (Å²) in [5.74, 6) is 3.05. The van der Waals surface area contributed by atoms with E-state index in [1.54, 1.807) is 0 Å². The molecule has 0 amide bonds. The van der Waals surface area contributed by atoms with Gasteiger partial charge in [-0.1, -0.05) is 15.9 Å². The summed E-state index contributed by atoms with van der Waals surface area (Å²) in [6, 6.07) is 2.16. The van der Waals surface area contributed by atoms with Crippen LogP contribution in [0.4, 0.5) is 0 Å². The van der Waals surface area contributed by atoms with Crippen LogP contribution in [0.2, 0.25) is 0 Å². The maximum absolute atomic E-state index is 3.87. The van der Waals surface area contributed by atoms with Crippen molar-refractivity contribution in [1.82, 2.24) is 0 Å². The van der Waals surface area contributed by atoms with E-state index in [9.17, 15) is 0 Å². The number of hydrogen-bond acceptors (Lipinski definition) is 1. The minimum Gasteiger partial charge on any atom is -0.147 e. The van der Waals surface area contributed by atoms with Crippen LogP contribution in [-0.4, -0.2) is 0 Å². The van der Waals surface area contributed by atoms with Crippen molar-refractivity contribution in [2.24, 2.45) is 17.8 Å². The van der Waals surface area contributed by atoms with Crippen LogP contribution in [0.3, 0.4) is 0 Å². The molecule has 0 N–H and O–H groups in total. The van der Waals surface area contributed by atoms with Crippen molar-refractivity contribution in [3.63, 3.8) is 0 Å². The van der Waals surface area contributed by atoms with Gasteiger partial charge in [-0.15, -0.1) is 11.3 Å². The molecule has 1 aromatic rings. The predicted molar refractivity (Wildman–Crippen MR) is 68.0 cm³/mol. The van der Waals surface area contributed by atoms with Gasteiger partial charge in [-0.25, -0.2) is 0 Å². The summed E-state index contributed by atoms with van der Waals surface area (Å²) in [6.07, 6.45) is 4.41. The molecule has 2 aliphatic carbocycles. The van der Waals surface area contributed by atoms with Gasteiger partial charge < -0.3 is 0 Å². The average Bonchev–Trinajstić information content (AvgIpc) is 2.64. The Bertz CT molecular complexity index is 337. The maximum atomic E-state index is 3.87. The number of halogens is 2. The van der Waals surface area contributed by atoms with Gasteiger partial charge in [-0.3, -0.25) is 0 Å². The van der Waals surface area contributed by atoms with E-state index in [0.717, 1.165) is 17.8 Å². The second-order valence-electron chi connectivity index (χ2n) is 4.52. The molecule has 1 heterocycles. The lowest BCUT2D eigenvalue weighted by molar-refractivity contribution is 0.484. The van der Waals surface area contributed by atoms with Crippen molar-refractivity contribution < 1.29 is 0 Å². The van der Waals surface area contributed by atoms with E-state index in [-0.39, 0.29) is 0 Å². The average molecular weight is 336 g/mol. The van der Waals surface area contributed by atoms with Crippen LogP contribution < -0.4 is 0 Å². The molecule has 3 rings (SSSR count). The van der Waals surface area contributed by atoms with Gasteiger partial charge in [0.25, 0.3) is 0 Å². The molecule has 2 aliphatic rings. The minimum atomic E-state index is 0.588. The van der Waals surface area contributed by atoms with Gasteiger partial charge in [0.2, 0.25) is 0 Å². The van der Waals surface area contributed by atoms with Gasteiger partial charge in [-0.05, 0) is 64.4 Å². The quantitative estimate of drug-likeness (QED) is 0.668. The van der Waals surface area contributed by atoms with E-state index < -0.39 is 0 Å². The molecule has 0 spiro atoms. The summed E-state index contributed by atoms with van der Waals surface area (Å²) >= 11 is 9.36. The highest BCUT2D eigenvalue weighted by molar-refractivity contribution is 9.11. The topological polar surface area (TPSA) is 0 Å². The molecule has 0 radical (unpaired) electrons. The number of thiophene rings is 1. The first-order valence-electron chi connectivity index (χ1n) is 5.12. The van der Waals surface area contributed by atoms with Crippen LogP contribution in [0.1, 0.15) is 29.0 Å². The third-order valence-electron chi connectivity index (χ3n) is 3.59. The first kappa shape index (κ1) is 9.86. The fraction of sp³-hybridized carbons (Fsp3) is 0.636. The summed E-state index contributed by atoms with van der Waals surface area (Å²) < 4.78 is 1.28. The lowest BCUT2D eigenvalue weighted by Crippen LogP contribution is -2.04. The Labute approximate surface area is 105 Å². The maximum Gasteiger partial charge on any atom is 0.0528 e. The molecule has 0 aromatic carbocycles. The lowest BCUT2D eigenvalue weighted by atomic mass is 9.99. The van der Waals surface area contributed by atoms with Crippen LogP contribution in [0.5, 0.6) is 0 Å². The van der Waals surface area contributed by atoms with E-state index in [0.29, 0.717) is 4.83 Å². The Balaban J connectivity index is 1.76. The number of rotatable bonds is 2. The van der Waals surface area contributed by atoms with Crippen molar-refractivity contribution >= 4 is 43.2 Å². The zero-order chi connectivity index (χ0) is 9.71. The standard InChI is InChI=1S/C11H12Br2S/c12-9-1-2-14-11(9)10(13)8-4-6-3-7(6)5-8/h1-2,6-8,10H,3-5H2. The highest BCUT2D eigenvalue weighted by Crippen LogP contribution is 2.59. The zero-order valence-electron chi connectivity index (χ0n) is 7.75. The van der Waals surface area contributed by atoms with Gasteiger partial charge in [-0.2, -0.15) is 0 Å². The van der Waals surface area contributed by atoms with Crippen molar-refractivity contribution in [1.29, 1.82) is 0 Å². The van der Waals surface area contributed by atoms with E-state index in [2.05, 4.69) is 43.3 Å². The van der Waals surface area contributed by atoms with E-state index in [1.807, 2.05) is 11.3 Å². The van der Waals surface area contributed by atoms with Crippen molar-refractivity contribution in [3.05, 3.63) is 20.8 Å². The Morgan fingerprint density at radius 2 is 2.00 bits per heavy atom. The zero-order valence-corrected chi connectivity index (χ0v) is 11.7. The molecule has 0 bridgehead atoms. The molecule has 0 aliphatic heterocycles. The van der Waals surface area contributed by atoms with Gasteiger partial charge >= 0.3 is 0 Å². The number of alkyl halides is 1. The largest absolute Gasteiger partial charge is 0.147 e. The number of fused-ring (bicyclic) bond motifs is 1. The van der Waals surface area contributed by atoms with Crippen LogP contribution in [0, 0.1) is 17.8 Å². The second-order valence-corrected chi connectivity index (χ2v) is 7.31. The van der Waals surface area contributed by atoms with E-state index >= 15 is 0 Å². The fourth-order valence-electron chi connectivity index (χ4n) is 2.72. The summed E-state index contributed by atoms with van der Waals surface area (Å²) in [4.78, 5) is 2.07. The monoisotopic (exact) mass is 334 g/mol. The first-order valence-corrected chi connectivity index (χ1v) is 7.71. The summed E-state index contributed by atoms with van der Waals surface area (Å²) in [5, 5.41) is 2.17. The Morgan fingerprint density at radius 3 is 2.57 bits per heavy atom. The SMILES string of the molecule is Brc1ccsc1C(Br)C1CC2CC2C1. The molecule has 3 heteroatoms. The van der Waals surface area contributed by atoms with Crippen molar-refractivity contribution in [3.8, 4) is 0 Å². The molecule has 76 valence electrons. The lowest BCUT2D eigenvalue weighted by Gasteiger charge is -2.18. The second kappa shape index (κ2) is 3.60. The first-order chi connectivity index (χ1) is 6.75. The highest BCUT2D eigenvalue weighted by Gasteiger charge is 2.47. The van der Waals surface area contributed by atoms with Gasteiger partial charge in [0, 0.05) is 9.35 Å². The predicted octanol–water partition coefficient (Wildman–Crippen LogP) is 4.99. The third kappa shape index (κ3) is 1.61. The molecule has 14 heavy (non-hydrogen) atoms. The molecule has 2 fully saturated rings. The summed E-state index contributed by atoms with van der Waals surface area (Å²) in [6.45, 7) is 0. The molecule has 0 nitrogen and oxygen atoms in total. The summed E-state index contributed by atoms with van der Waals surface area (Å²) in [7, 11) is 0. The molecule has 1 aromatic heterocycles. The van der Waals surface area contributed by atoms with Gasteiger partial charge in [0.15, 0.2) is 0 Å². The molecule has 0 saturated heterocycles. The van der Waals surface area contributed by atoms with Gasteiger partial charge in [0.05, 0.1) is 4.83 Å². The highest BCUT2D eigenvalue weighted by atomic mass is 79.9. The molecular formula is C11H12Br2S. The molecule has 3 atom stereocenters. The van der Waals surface area contributed by atoms with Crippen molar-refractivity contribution in [2.45, 2.75) is 24.1 Å². The van der Waals surface area contributed by atoms with Crippen LogP contribution >= 0.6 is 43.2 Å².